The Hall–Kier alpha value is -2.51. The van der Waals surface area contributed by atoms with E-state index in [4.69, 9.17) is 14.2 Å². The van der Waals surface area contributed by atoms with Crippen LogP contribution >= 0.6 is 0 Å². The van der Waals surface area contributed by atoms with Gasteiger partial charge in [-0.15, -0.1) is 0 Å². The maximum absolute atomic E-state index is 14.9. The van der Waals surface area contributed by atoms with Gasteiger partial charge in [0, 0.05) is 6.07 Å². The molecular formula is C30H37F5O3. The number of alkyl halides is 2. The molecule has 2 aromatic rings. The molecule has 2 saturated carbocycles. The molecule has 0 bridgehead atoms. The smallest absolute Gasteiger partial charge is 0.200 e. The molecule has 0 spiro atoms. The Morgan fingerprint density at radius 2 is 1.42 bits per heavy atom. The van der Waals surface area contributed by atoms with E-state index in [1.54, 1.807) is 13.0 Å². The highest BCUT2D eigenvalue weighted by atomic mass is 19.2. The molecule has 8 heteroatoms. The normalized spacial score (nSPS) is 25.4. The molecule has 2 aliphatic rings. The first-order valence-electron chi connectivity index (χ1n) is 13.7. The molecule has 2 atom stereocenters. The molecule has 3 nitrogen and oxygen atoms in total. The minimum atomic E-state index is -1.79. The van der Waals surface area contributed by atoms with E-state index in [9.17, 15) is 22.0 Å². The van der Waals surface area contributed by atoms with Crippen LogP contribution in [0.3, 0.4) is 0 Å². The van der Waals surface area contributed by atoms with Crippen LogP contribution in [0, 0.1) is 35.2 Å². The van der Waals surface area contributed by atoms with E-state index in [1.807, 2.05) is 0 Å². The molecule has 0 amide bonds. The number of hydrogen-bond acceptors (Lipinski definition) is 3. The molecule has 4 rings (SSSR count). The van der Waals surface area contributed by atoms with Crippen LogP contribution in [0.25, 0.3) is 0 Å². The summed E-state index contributed by atoms with van der Waals surface area (Å²) < 4.78 is 87.5. The van der Waals surface area contributed by atoms with Crippen LogP contribution in [0.5, 0.6) is 17.2 Å². The molecule has 0 radical (unpaired) electrons. The van der Waals surface area contributed by atoms with Crippen molar-refractivity contribution >= 4 is 0 Å². The van der Waals surface area contributed by atoms with Crippen LogP contribution in [-0.2, 0) is 0 Å². The summed E-state index contributed by atoms with van der Waals surface area (Å²) in [6.45, 7) is 1.59. The summed E-state index contributed by atoms with van der Waals surface area (Å²) in [5.74, 6) is -1.70. The number of ether oxygens (including phenoxy) is 3. The fourth-order valence-corrected chi connectivity index (χ4v) is 6.26. The molecule has 38 heavy (non-hydrogen) atoms. The summed E-state index contributed by atoms with van der Waals surface area (Å²) in [5.41, 5.74) is 0.412. The van der Waals surface area contributed by atoms with Crippen LogP contribution in [0.2, 0.25) is 0 Å². The minimum absolute atomic E-state index is 0.0191. The third-order valence-electron chi connectivity index (χ3n) is 8.40. The van der Waals surface area contributed by atoms with Crippen molar-refractivity contribution in [2.24, 2.45) is 17.8 Å². The number of halogens is 5. The summed E-state index contributed by atoms with van der Waals surface area (Å²) in [6, 6.07) is 7.11. The van der Waals surface area contributed by atoms with Gasteiger partial charge in [-0.3, -0.25) is 0 Å². The molecule has 0 aliphatic heterocycles. The van der Waals surface area contributed by atoms with Gasteiger partial charge in [0.25, 0.3) is 0 Å². The minimum Gasteiger partial charge on any atom is -0.494 e. The average molecular weight is 541 g/mol. The second-order valence-electron chi connectivity index (χ2n) is 10.6. The van der Waals surface area contributed by atoms with E-state index in [-0.39, 0.29) is 29.1 Å². The van der Waals surface area contributed by atoms with E-state index >= 15 is 0 Å². The number of hydrogen-bond donors (Lipinski definition) is 0. The van der Waals surface area contributed by atoms with Crippen LogP contribution in [-0.4, -0.2) is 32.7 Å². The van der Waals surface area contributed by atoms with Crippen molar-refractivity contribution in [3.8, 4) is 17.2 Å². The highest BCUT2D eigenvalue weighted by molar-refractivity contribution is 5.34. The first-order chi connectivity index (χ1) is 18.3. The lowest BCUT2D eigenvalue weighted by Gasteiger charge is -2.39. The van der Waals surface area contributed by atoms with E-state index in [1.165, 1.54) is 25.3 Å². The molecule has 0 N–H and O–H groups in total. The van der Waals surface area contributed by atoms with E-state index < -0.39 is 36.4 Å². The molecule has 2 fully saturated rings. The molecular weight excluding hydrogens is 503 g/mol. The Labute approximate surface area is 221 Å². The highest BCUT2D eigenvalue weighted by Crippen LogP contribution is 2.45. The van der Waals surface area contributed by atoms with Crippen molar-refractivity contribution in [2.45, 2.75) is 76.6 Å². The van der Waals surface area contributed by atoms with Gasteiger partial charge < -0.3 is 14.2 Å². The highest BCUT2D eigenvalue weighted by Gasteiger charge is 2.37. The maximum Gasteiger partial charge on any atom is 0.200 e. The fourth-order valence-electron chi connectivity index (χ4n) is 6.26. The van der Waals surface area contributed by atoms with Crippen molar-refractivity contribution < 1.29 is 36.2 Å². The van der Waals surface area contributed by atoms with Gasteiger partial charge in [0.05, 0.1) is 13.7 Å². The van der Waals surface area contributed by atoms with Crippen molar-refractivity contribution in [2.75, 3.05) is 20.3 Å². The van der Waals surface area contributed by atoms with Crippen molar-refractivity contribution in [3.05, 3.63) is 53.3 Å². The zero-order valence-electron chi connectivity index (χ0n) is 22.0. The van der Waals surface area contributed by atoms with Crippen LogP contribution in [0.4, 0.5) is 22.0 Å². The number of methoxy groups -OCH3 is 1. The van der Waals surface area contributed by atoms with E-state index in [2.05, 4.69) is 0 Å². The Kier molecular flexibility index (Phi) is 9.77. The molecule has 0 saturated heterocycles. The lowest BCUT2D eigenvalue weighted by Crippen LogP contribution is -2.35. The zero-order chi connectivity index (χ0) is 27.2. The maximum atomic E-state index is 14.9. The third kappa shape index (κ3) is 6.55. The predicted octanol–water partition coefficient (Wildman–Crippen LogP) is 8.35. The Morgan fingerprint density at radius 1 is 0.789 bits per heavy atom. The summed E-state index contributed by atoms with van der Waals surface area (Å²) in [6.07, 6.45) is 2.89. The predicted molar refractivity (Wildman–Crippen MR) is 136 cm³/mol. The van der Waals surface area contributed by atoms with Crippen molar-refractivity contribution in [3.63, 3.8) is 0 Å². The van der Waals surface area contributed by atoms with E-state index in [0.29, 0.717) is 36.8 Å². The molecule has 0 heterocycles. The van der Waals surface area contributed by atoms with Crippen LogP contribution in [0.1, 0.15) is 69.8 Å². The third-order valence-corrected chi connectivity index (χ3v) is 8.40. The van der Waals surface area contributed by atoms with Crippen molar-refractivity contribution in [1.29, 1.82) is 0 Å². The SMILES string of the molecule is CCOc1ccc(OCC(F)C(F)C2CCC(C3CCC(c4ccc(OC)c(F)c4F)CC3)CC2)cc1F. The van der Waals surface area contributed by atoms with Gasteiger partial charge in [0.15, 0.2) is 29.3 Å². The van der Waals surface area contributed by atoms with Gasteiger partial charge in [0.2, 0.25) is 5.82 Å². The standard InChI is InChI=1S/C30H37F5O3/c1-3-37-26-14-12-22(16-24(26)31)38-17-25(32)28(33)21-10-6-19(7-11-21)18-4-8-20(9-5-18)23-13-15-27(36-2)30(35)29(23)34/h12-16,18-21,25,28H,3-11,17H2,1-2H3. The molecule has 2 aliphatic carbocycles. The first kappa shape index (κ1) is 28.5. The second kappa shape index (κ2) is 13.0. The van der Waals surface area contributed by atoms with Crippen LogP contribution in [0.15, 0.2) is 30.3 Å². The monoisotopic (exact) mass is 540 g/mol. The van der Waals surface area contributed by atoms with Crippen molar-refractivity contribution in [1.82, 2.24) is 0 Å². The fraction of sp³-hybridized carbons (Fsp3) is 0.600. The zero-order valence-corrected chi connectivity index (χ0v) is 22.0. The number of rotatable bonds is 10. The summed E-state index contributed by atoms with van der Waals surface area (Å²) in [7, 11) is 1.32. The summed E-state index contributed by atoms with van der Waals surface area (Å²) >= 11 is 0. The number of benzene rings is 2. The first-order valence-corrected chi connectivity index (χ1v) is 13.7. The molecule has 2 aromatic carbocycles. The summed E-state index contributed by atoms with van der Waals surface area (Å²) in [5, 5.41) is 0. The van der Waals surface area contributed by atoms with Gasteiger partial charge in [-0.2, -0.15) is 4.39 Å². The van der Waals surface area contributed by atoms with Gasteiger partial charge in [-0.1, -0.05) is 6.07 Å². The Morgan fingerprint density at radius 3 is 2.03 bits per heavy atom. The molecule has 210 valence electrons. The van der Waals surface area contributed by atoms with Gasteiger partial charge in [-0.25, -0.2) is 17.6 Å². The quantitative estimate of drug-likeness (QED) is 0.284. The van der Waals surface area contributed by atoms with Crippen LogP contribution < -0.4 is 14.2 Å². The summed E-state index contributed by atoms with van der Waals surface area (Å²) in [4.78, 5) is 0. The Bertz CT molecular complexity index is 1050. The lowest BCUT2D eigenvalue weighted by atomic mass is 9.67. The molecule has 0 aromatic heterocycles. The van der Waals surface area contributed by atoms with Gasteiger partial charge in [-0.05, 0) is 106 Å². The second-order valence-corrected chi connectivity index (χ2v) is 10.6. The lowest BCUT2D eigenvalue weighted by molar-refractivity contribution is 0.0409. The van der Waals surface area contributed by atoms with Gasteiger partial charge >= 0.3 is 0 Å². The average Bonchev–Trinajstić information content (AvgIpc) is 2.94. The van der Waals surface area contributed by atoms with E-state index in [0.717, 1.165) is 44.6 Å². The largest absolute Gasteiger partial charge is 0.494 e. The topological polar surface area (TPSA) is 27.7 Å². The molecule has 2 unspecified atom stereocenters. The van der Waals surface area contributed by atoms with Gasteiger partial charge in [0.1, 0.15) is 18.5 Å². The Balaban J connectivity index is 1.21.